The van der Waals surface area contributed by atoms with Crippen molar-refractivity contribution in [2.75, 3.05) is 36.0 Å². The van der Waals surface area contributed by atoms with Crippen LogP contribution in [0.5, 0.6) is 0 Å². The molecule has 1 aliphatic heterocycles. The van der Waals surface area contributed by atoms with Crippen molar-refractivity contribution in [1.82, 2.24) is 24.9 Å². The van der Waals surface area contributed by atoms with Gasteiger partial charge in [0, 0.05) is 49.5 Å². The van der Waals surface area contributed by atoms with Crippen molar-refractivity contribution in [2.45, 2.75) is 13.8 Å². The maximum Gasteiger partial charge on any atom is 0.140 e. The zero-order chi connectivity index (χ0) is 16.5. The summed E-state index contributed by atoms with van der Waals surface area (Å²) < 4.78 is 0. The molecule has 0 spiro atoms. The Bertz CT molecular complexity index is 872. The number of nitrogens with zero attached hydrogens (tertiary/aromatic N) is 7. The molecule has 3 aromatic rings. The maximum absolute atomic E-state index is 4.68. The first-order chi connectivity index (χ1) is 11.7. The standard InChI is InChI=1S/C17H19N7/c1-12-9-16(20-11-19-12)23-5-7-24(8-6-23)17-14-3-4-18-10-15(14)21-13(2)22-17/h3-4,9-11H,5-8H2,1-2H3. The van der Waals surface area contributed by atoms with Gasteiger partial charge in [0.05, 0.1) is 11.7 Å². The molecule has 1 fully saturated rings. The minimum absolute atomic E-state index is 0.777. The minimum atomic E-state index is 0.777. The lowest BCUT2D eigenvalue weighted by molar-refractivity contribution is 0.641. The highest BCUT2D eigenvalue weighted by molar-refractivity contribution is 5.88. The first-order valence-corrected chi connectivity index (χ1v) is 8.07. The highest BCUT2D eigenvalue weighted by Gasteiger charge is 2.21. The second kappa shape index (κ2) is 5.99. The van der Waals surface area contributed by atoms with Crippen LogP contribution in [-0.4, -0.2) is 51.1 Å². The summed E-state index contributed by atoms with van der Waals surface area (Å²) in [5.41, 5.74) is 1.89. The van der Waals surface area contributed by atoms with Crippen molar-refractivity contribution in [3.63, 3.8) is 0 Å². The molecule has 4 heterocycles. The SMILES string of the molecule is Cc1cc(N2CCN(c3nc(C)nc4cnccc34)CC2)ncn1. The van der Waals surface area contributed by atoms with Crippen LogP contribution < -0.4 is 9.80 Å². The van der Waals surface area contributed by atoms with E-state index in [2.05, 4.69) is 34.7 Å². The van der Waals surface area contributed by atoms with Gasteiger partial charge in [-0.3, -0.25) is 4.98 Å². The number of hydrogen-bond donors (Lipinski definition) is 0. The molecule has 7 nitrogen and oxygen atoms in total. The third kappa shape index (κ3) is 2.73. The van der Waals surface area contributed by atoms with E-state index < -0.39 is 0 Å². The van der Waals surface area contributed by atoms with Crippen LogP contribution in [0.1, 0.15) is 11.5 Å². The number of rotatable bonds is 2. The monoisotopic (exact) mass is 321 g/mol. The van der Waals surface area contributed by atoms with Crippen LogP contribution in [0.4, 0.5) is 11.6 Å². The van der Waals surface area contributed by atoms with E-state index in [1.165, 1.54) is 0 Å². The first-order valence-electron chi connectivity index (χ1n) is 8.07. The number of aryl methyl sites for hydroxylation is 2. The Labute approximate surface area is 140 Å². The Kier molecular flexibility index (Phi) is 3.68. The molecule has 1 aliphatic rings. The van der Waals surface area contributed by atoms with E-state index in [1.54, 1.807) is 18.7 Å². The lowest BCUT2D eigenvalue weighted by Crippen LogP contribution is -2.47. The second-order valence-electron chi connectivity index (χ2n) is 5.98. The predicted octanol–water partition coefficient (Wildman–Crippen LogP) is 1.76. The summed E-state index contributed by atoms with van der Waals surface area (Å²) in [5, 5.41) is 1.06. The van der Waals surface area contributed by atoms with Gasteiger partial charge in [0.25, 0.3) is 0 Å². The molecule has 0 bridgehead atoms. The summed E-state index contributed by atoms with van der Waals surface area (Å²) in [7, 11) is 0. The fourth-order valence-corrected chi connectivity index (χ4v) is 3.08. The molecule has 1 saturated heterocycles. The molecule has 4 rings (SSSR count). The van der Waals surface area contributed by atoms with Crippen molar-refractivity contribution >= 4 is 22.5 Å². The van der Waals surface area contributed by atoms with Crippen LogP contribution in [0, 0.1) is 13.8 Å². The van der Waals surface area contributed by atoms with Crippen molar-refractivity contribution in [3.05, 3.63) is 42.4 Å². The van der Waals surface area contributed by atoms with Gasteiger partial charge in [0.1, 0.15) is 23.8 Å². The average molecular weight is 321 g/mol. The molecule has 7 heteroatoms. The summed E-state index contributed by atoms with van der Waals surface area (Å²) in [5.74, 6) is 2.77. The number of pyridine rings is 1. The zero-order valence-corrected chi connectivity index (χ0v) is 13.8. The molecule has 3 aromatic heterocycles. The summed E-state index contributed by atoms with van der Waals surface area (Å²) in [6.07, 6.45) is 5.23. The van der Waals surface area contributed by atoms with Crippen LogP contribution in [0.3, 0.4) is 0 Å². The fraction of sp³-hybridized carbons (Fsp3) is 0.353. The summed E-state index contributed by atoms with van der Waals surface area (Å²) in [6.45, 7) is 7.53. The maximum atomic E-state index is 4.68. The second-order valence-corrected chi connectivity index (χ2v) is 5.98. The highest BCUT2D eigenvalue weighted by Crippen LogP contribution is 2.25. The normalized spacial score (nSPS) is 15.1. The molecule has 24 heavy (non-hydrogen) atoms. The molecule has 0 aromatic carbocycles. The molecule has 0 amide bonds. The predicted molar refractivity (Wildman–Crippen MR) is 93.3 cm³/mol. The van der Waals surface area contributed by atoms with E-state index >= 15 is 0 Å². The van der Waals surface area contributed by atoms with Crippen molar-refractivity contribution in [1.29, 1.82) is 0 Å². The Hall–Kier alpha value is -2.83. The summed E-state index contributed by atoms with van der Waals surface area (Å²) in [6, 6.07) is 4.02. The van der Waals surface area contributed by atoms with Gasteiger partial charge in [0.15, 0.2) is 0 Å². The Morgan fingerprint density at radius 3 is 2.54 bits per heavy atom. The zero-order valence-electron chi connectivity index (χ0n) is 13.8. The number of hydrogen-bond acceptors (Lipinski definition) is 7. The highest BCUT2D eigenvalue weighted by atomic mass is 15.3. The van der Waals surface area contributed by atoms with Crippen LogP contribution >= 0.6 is 0 Å². The Morgan fingerprint density at radius 1 is 0.958 bits per heavy atom. The van der Waals surface area contributed by atoms with Gasteiger partial charge in [-0.15, -0.1) is 0 Å². The van der Waals surface area contributed by atoms with E-state index in [0.717, 1.165) is 60.2 Å². The first kappa shape index (κ1) is 14.7. The fourth-order valence-electron chi connectivity index (χ4n) is 3.08. The molecule has 0 atom stereocenters. The van der Waals surface area contributed by atoms with E-state index in [4.69, 9.17) is 0 Å². The van der Waals surface area contributed by atoms with Crippen molar-refractivity contribution < 1.29 is 0 Å². The van der Waals surface area contributed by atoms with Gasteiger partial charge in [-0.05, 0) is 19.9 Å². The van der Waals surface area contributed by atoms with Crippen molar-refractivity contribution in [3.8, 4) is 0 Å². The van der Waals surface area contributed by atoms with Gasteiger partial charge >= 0.3 is 0 Å². The van der Waals surface area contributed by atoms with Crippen molar-refractivity contribution in [2.24, 2.45) is 0 Å². The smallest absolute Gasteiger partial charge is 0.140 e. The third-order valence-electron chi connectivity index (χ3n) is 4.28. The van der Waals surface area contributed by atoms with Gasteiger partial charge in [0.2, 0.25) is 0 Å². The number of piperazine rings is 1. The average Bonchev–Trinajstić information content (AvgIpc) is 2.61. The minimum Gasteiger partial charge on any atom is -0.353 e. The van der Waals surface area contributed by atoms with Gasteiger partial charge in [-0.1, -0.05) is 0 Å². The van der Waals surface area contributed by atoms with E-state index in [-0.39, 0.29) is 0 Å². The molecule has 0 unspecified atom stereocenters. The van der Waals surface area contributed by atoms with Crippen LogP contribution in [0.2, 0.25) is 0 Å². The summed E-state index contributed by atoms with van der Waals surface area (Å²) >= 11 is 0. The third-order valence-corrected chi connectivity index (χ3v) is 4.28. The van der Waals surface area contributed by atoms with Gasteiger partial charge < -0.3 is 9.80 Å². The molecular weight excluding hydrogens is 302 g/mol. The summed E-state index contributed by atoms with van der Waals surface area (Å²) in [4.78, 5) is 26.5. The lowest BCUT2D eigenvalue weighted by atomic mass is 10.2. The van der Waals surface area contributed by atoms with E-state index in [9.17, 15) is 0 Å². The molecule has 0 aliphatic carbocycles. The van der Waals surface area contributed by atoms with E-state index in [1.807, 2.05) is 26.0 Å². The van der Waals surface area contributed by atoms with Gasteiger partial charge in [-0.25, -0.2) is 19.9 Å². The quantitative estimate of drug-likeness (QED) is 0.712. The molecule has 122 valence electrons. The number of anilines is 2. The molecule has 0 saturated carbocycles. The largest absolute Gasteiger partial charge is 0.353 e. The molecule has 0 radical (unpaired) electrons. The van der Waals surface area contributed by atoms with Gasteiger partial charge in [-0.2, -0.15) is 0 Å². The van der Waals surface area contributed by atoms with E-state index in [0.29, 0.717) is 0 Å². The number of aromatic nitrogens is 5. The Morgan fingerprint density at radius 2 is 1.75 bits per heavy atom. The topological polar surface area (TPSA) is 70.9 Å². The van der Waals surface area contributed by atoms with Crippen LogP contribution in [0.25, 0.3) is 10.9 Å². The van der Waals surface area contributed by atoms with Crippen LogP contribution in [0.15, 0.2) is 30.9 Å². The lowest BCUT2D eigenvalue weighted by Gasteiger charge is -2.36. The number of fused-ring (bicyclic) bond motifs is 1. The molecule has 0 N–H and O–H groups in total. The molecular formula is C17H19N7. The van der Waals surface area contributed by atoms with Crippen LogP contribution in [-0.2, 0) is 0 Å². The Balaban J connectivity index is 1.58.